The number of aromatic nitrogens is 24. The summed E-state index contributed by atoms with van der Waals surface area (Å²) in [5.41, 5.74) is 0. The Morgan fingerprint density at radius 3 is 0.410 bits per heavy atom. The van der Waals surface area contributed by atoms with Crippen LogP contribution in [0.2, 0.25) is 37.0 Å². The van der Waals surface area contributed by atoms with Gasteiger partial charge in [0, 0.05) is 209 Å². The monoisotopic (exact) mass is 1570 g/mol. The standard InChI is InChI=1S/C58H71Cl7N40/c1-35-67-36(2)69-44(68-35)92-7-9-93(10-8-92)47-72-38(60)73-48(85-47)96-15-17-97(18-16-96)51-76-40(62)77-52(87-51)100-23-25-101(26-24-100)55-80-42(64)81-56(89-55)104-31-33-105(34-32-104)58-83-43(65)82-57(90-58)103-29-27-102(28-30-103)54-79-41(63)78-53(88-54)99-21-19-98(20-22-99)50-75-39(61)74-49(86-50)95-13-11-94(12-14-95)46-71-37(59)70-45(84-46)91-5-3-66-4-6-91/h66H,3-34H2,1-2H3. The van der Waals surface area contributed by atoms with Gasteiger partial charge in [-0.1, -0.05) is 0 Å². The largest absolute Gasteiger partial charge is 0.338 e. The quantitative estimate of drug-likeness (QED) is 0.150. The van der Waals surface area contributed by atoms with E-state index in [4.69, 9.17) is 116 Å². The zero-order valence-electron chi connectivity index (χ0n) is 57.2. The lowest BCUT2D eigenvalue weighted by atomic mass is 10.3. The molecule has 8 aliphatic rings. The van der Waals surface area contributed by atoms with E-state index in [-0.39, 0.29) is 37.0 Å². The van der Waals surface area contributed by atoms with Gasteiger partial charge < -0.3 is 78.8 Å². The molecule has 0 saturated carbocycles. The van der Waals surface area contributed by atoms with E-state index in [0.29, 0.717) is 284 Å². The van der Waals surface area contributed by atoms with Crippen LogP contribution in [0.3, 0.4) is 0 Å². The van der Waals surface area contributed by atoms with Crippen LogP contribution < -0.4 is 78.8 Å². The van der Waals surface area contributed by atoms with Crippen molar-refractivity contribution >= 4 is 170 Å². The molecule has 105 heavy (non-hydrogen) atoms. The van der Waals surface area contributed by atoms with Crippen LogP contribution in [-0.2, 0) is 0 Å². The molecule has 0 amide bonds. The summed E-state index contributed by atoms with van der Waals surface area (Å²) in [5, 5.41) is 4.18. The number of piperazine rings is 8. The van der Waals surface area contributed by atoms with Crippen LogP contribution in [0, 0.1) is 13.8 Å². The maximum atomic E-state index is 6.65. The summed E-state index contributed by atoms with van der Waals surface area (Å²) in [6.45, 7) is 23.6. The summed E-state index contributed by atoms with van der Waals surface area (Å²) >= 11 is 46.0. The van der Waals surface area contributed by atoms with Crippen molar-refractivity contribution in [3.63, 3.8) is 0 Å². The lowest BCUT2D eigenvalue weighted by Crippen LogP contribution is -2.50. The first-order chi connectivity index (χ1) is 51.0. The third-order valence-corrected chi connectivity index (χ3v) is 20.4. The highest BCUT2D eigenvalue weighted by atomic mass is 35.5. The molecule has 552 valence electrons. The van der Waals surface area contributed by atoms with Crippen LogP contribution in [0.4, 0.5) is 89.2 Å². The van der Waals surface area contributed by atoms with Crippen LogP contribution in [0.5, 0.6) is 0 Å². The Morgan fingerprint density at radius 2 is 0.276 bits per heavy atom. The van der Waals surface area contributed by atoms with Crippen molar-refractivity contribution in [2.45, 2.75) is 13.8 Å². The lowest BCUT2D eigenvalue weighted by molar-refractivity contribution is 0.576. The molecule has 8 aromatic heterocycles. The smallest absolute Gasteiger partial charge is 0.231 e. The average molecular weight is 1580 g/mol. The first-order valence-electron chi connectivity index (χ1n) is 34.6. The highest BCUT2D eigenvalue weighted by molar-refractivity contribution is 6.30. The topological polar surface area (TPSA) is 370 Å². The Kier molecular flexibility index (Phi) is 20.7. The van der Waals surface area contributed by atoms with Crippen LogP contribution in [0.1, 0.15) is 11.6 Å². The molecule has 8 aliphatic heterocycles. The van der Waals surface area contributed by atoms with Gasteiger partial charge in [0.25, 0.3) is 0 Å². The Labute approximate surface area is 637 Å². The van der Waals surface area contributed by atoms with Gasteiger partial charge in [0.15, 0.2) is 0 Å². The minimum Gasteiger partial charge on any atom is -0.338 e. The minimum atomic E-state index is 0.0949. The Balaban J connectivity index is 0.483. The Bertz CT molecular complexity index is 4380. The van der Waals surface area contributed by atoms with E-state index < -0.39 is 0 Å². The molecule has 0 radical (unpaired) electrons. The molecule has 0 bridgehead atoms. The van der Waals surface area contributed by atoms with Crippen molar-refractivity contribution in [3.8, 4) is 0 Å². The first kappa shape index (κ1) is 70.4. The van der Waals surface area contributed by atoms with Crippen molar-refractivity contribution in [1.29, 1.82) is 0 Å². The van der Waals surface area contributed by atoms with Crippen LogP contribution in [-0.4, -0.2) is 329 Å². The predicted molar refractivity (Wildman–Crippen MR) is 399 cm³/mol. The molecule has 16 rings (SSSR count). The number of rotatable bonds is 15. The van der Waals surface area contributed by atoms with Gasteiger partial charge in [-0.25, -0.2) is 4.98 Å². The van der Waals surface area contributed by atoms with Crippen molar-refractivity contribution in [3.05, 3.63) is 48.6 Å². The summed E-state index contributed by atoms with van der Waals surface area (Å²) in [7, 11) is 0. The first-order valence-corrected chi connectivity index (χ1v) is 37.2. The summed E-state index contributed by atoms with van der Waals surface area (Å²) in [6.07, 6.45) is 0. The second-order valence-corrected chi connectivity index (χ2v) is 28.1. The van der Waals surface area contributed by atoms with E-state index in [9.17, 15) is 0 Å². The van der Waals surface area contributed by atoms with Crippen LogP contribution in [0.15, 0.2) is 0 Å². The van der Waals surface area contributed by atoms with Crippen LogP contribution in [0.25, 0.3) is 0 Å². The number of halogens is 7. The lowest BCUT2D eigenvalue weighted by Gasteiger charge is -2.38. The van der Waals surface area contributed by atoms with E-state index in [2.05, 4.69) is 164 Å². The fraction of sp³-hybridized carbons (Fsp3) is 0.586. The van der Waals surface area contributed by atoms with Crippen molar-refractivity contribution < 1.29 is 0 Å². The van der Waals surface area contributed by atoms with E-state index in [1.54, 1.807) is 0 Å². The maximum absolute atomic E-state index is 6.65. The minimum absolute atomic E-state index is 0.0949. The van der Waals surface area contributed by atoms with Gasteiger partial charge in [0.2, 0.25) is 126 Å². The van der Waals surface area contributed by atoms with E-state index in [1.807, 2.05) is 13.8 Å². The molecule has 0 atom stereocenters. The van der Waals surface area contributed by atoms with Gasteiger partial charge >= 0.3 is 0 Å². The van der Waals surface area contributed by atoms with Crippen molar-refractivity contribution in [2.24, 2.45) is 0 Å². The SMILES string of the molecule is Cc1nc(C)nc(N2CCN(c3nc(Cl)nc(N4CCN(c5nc(Cl)nc(N6CCN(c7nc(Cl)nc(N8CCN(c9nc(Cl)nc(N%10CCN(c%11nc(Cl)nc(N%12CCN(c%13nc(Cl)nc(N%14CCN(c%15nc(Cl)nc(N%16CCNCC%16)n%15)CC%14)n%13)CC%12)n%11)CC%10)n9)CC8)n7)CC6)n5)CC4)n3)CC2)n1. The van der Waals surface area contributed by atoms with Gasteiger partial charge in [-0.2, -0.15) is 115 Å². The number of nitrogens with one attached hydrogen (secondary N) is 1. The number of hydrogen-bond acceptors (Lipinski definition) is 40. The van der Waals surface area contributed by atoms with E-state index >= 15 is 0 Å². The molecule has 8 aromatic rings. The van der Waals surface area contributed by atoms with Crippen LogP contribution >= 0.6 is 81.2 Å². The third kappa shape index (κ3) is 16.3. The normalized spacial score (nSPS) is 18.9. The molecule has 1 N–H and O–H groups in total. The Morgan fingerprint density at radius 1 is 0.162 bits per heavy atom. The zero-order valence-corrected chi connectivity index (χ0v) is 62.5. The van der Waals surface area contributed by atoms with Gasteiger partial charge in [0.05, 0.1) is 0 Å². The van der Waals surface area contributed by atoms with Crippen molar-refractivity contribution in [1.82, 2.24) is 125 Å². The second kappa shape index (κ2) is 30.9. The molecule has 40 nitrogen and oxygen atoms in total. The fourth-order valence-electron chi connectivity index (χ4n) is 13.6. The zero-order chi connectivity index (χ0) is 71.8. The average Bonchev–Trinajstić information content (AvgIpc) is 0.810. The highest BCUT2D eigenvalue weighted by Gasteiger charge is 2.34. The summed E-state index contributed by atoms with van der Waals surface area (Å²) < 4.78 is 0. The van der Waals surface area contributed by atoms with E-state index in [1.165, 1.54) is 0 Å². The predicted octanol–water partition coefficient (Wildman–Crippen LogP) is 1.05. The molecule has 8 fully saturated rings. The second-order valence-electron chi connectivity index (χ2n) is 25.7. The van der Waals surface area contributed by atoms with Gasteiger partial charge in [-0.3, -0.25) is 0 Å². The number of hydrogen-bond donors (Lipinski definition) is 1. The number of anilines is 15. The molecular weight excluding hydrogens is 1510 g/mol. The summed E-state index contributed by atoms with van der Waals surface area (Å²) in [5.74, 6) is 9.06. The molecule has 47 heteroatoms. The van der Waals surface area contributed by atoms with Gasteiger partial charge in [-0.15, -0.1) is 0 Å². The van der Waals surface area contributed by atoms with E-state index in [0.717, 1.165) is 26.2 Å². The molecule has 0 unspecified atom stereocenters. The number of aryl methyl sites for hydroxylation is 2. The third-order valence-electron chi connectivity index (χ3n) is 19.3. The molecule has 0 aromatic carbocycles. The summed E-state index contributed by atoms with van der Waals surface area (Å²) in [4.78, 5) is 142. The Hall–Kier alpha value is -8.93. The molecular formula is C58H71Cl7N40. The number of nitrogens with zero attached hydrogens (tertiary/aromatic N) is 39. The maximum Gasteiger partial charge on any atom is 0.231 e. The highest BCUT2D eigenvalue weighted by Crippen LogP contribution is 2.30. The van der Waals surface area contributed by atoms with Gasteiger partial charge in [0.1, 0.15) is 11.6 Å². The molecule has 0 spiro atoms. The summed E-state index contributed by atoms with van der Waals surface area (Å²) in [6, 6.07) is 0. The van der Waals surface area contributed by atoms with Gasteiger partial charge in [-0.05, 0) is 95.1 Å². The fourth-order valence-corrected chi connectivity index (χ4v) is 14.7. The van der Waals surface area contributed by atoms with Crippen molar-refractivity contribution in [2.75, 3.05) is 283 Å². The molecule has 16 heterocycles. The molecule has 8 saturated heterocycles. The molecule has 0 aliphatic carbocycles.